The fourth-order valence-electron chi connectivity index (χ4n) is 3.32. The third-order valence-electron chi connectivity index (χ3n) is 5.93. The molecular weight excluding hydrogens is 278 g/mol. The molecule has 2 fully saturated rings. The zero-order valence-corrected chi connectivity index (χ0v) is 15.7. The second-order valence-corrected chi connectivity index (χ2v) is 14.2. The molecule has 0 aromatic rings. The van der Waals surface area contributed by atoms with Gasteiger partial charge in [-0.1, -0.05) is 33.9 Å². The minimum atomic E-state index is -1.23. The number of piperazine rings is 2. The van der Waals surface area contributed by atoms with Gasteiger partial charge in [-0.2, -0.15) is 0 Å². The molecule has 0 saturated carbocycles. The fourth-order valence-corrected chi connectivity index (χ4v) is 5.44. The minimum Gasteiger partial charge on any atom is -0.340 e. The number of nitrogens with one attached hydrogen (secondary N) is 1. The van der Waals surface area contributed by atoms with Crippen LogP contribution in [0.1, 0.15) is 27.7 Å². The highest BCUT2D eigenvalue weighted by Crippen LogP contribution is 2.39. The summed E-state index contributed by atoms with van der Waals surface area (Å²) >= 11 is 0. The van der Waals surface area contributed by atoms with Gasteiger partial charge in [-0.05, 0) is 11.1 Å². The number of carbonyl (C=O) groups is 1. The van der Waals surface area contributed by atoms with Gasteiger partial charge in [-0.15, -0.1) is 0 Å². The van der Waals surface area contributed by atoms with Gasteiger partial charge in [0.15, 0.2) is 0 Å². The summed E-state index contributed by atoms with van der Waals surface area (Å²) in [5.41, 5.74) is 0. The van der Waals surface area contributed by atoms with Crippen molar-refractivity contribution in [2.45, 2.75) is 64.0 Å². The van der Waals surface area contributed by atoms with E-state index in [0.717, 1.165) is 32.7 Å². The predicted molar refractivity (Wildman–Crippen MR) is 91.4 cm³/mol. The molecule has 0 radical (unpaired) electrons. The van der Waals surface area contributed by atoms with Crippen molar-refractivity contribution >= 4 is 14.0 Å². The summed E-state index contributed by atoms with van der Waals surface area (Å²) in [6.07, 6.45) is 0. The molecule has 0 spiro atoms. The summed E-state index contributed by atoms with van der Waals surface area (Å²) in [6.45, 7) is 19.0. The highest BCUT2D eigenvalue weighted by atomic mass is 28.3. The van der Waals surface area contributed by atoms with Crippen LogP contribution >= 0.6 is 0 Å². The van der Waals surface area contributed by atoms with Crippen molar-refractivity contribution in [3.63, 3.8) is 0 Å². The van der Waals surface area contributed by atoms with E-state index >= 15 is 0 Å². The highest BCUT2D eigenvalue weighted by Gasteiger charge is 2.40. The maximum absolute atomic E-state index is 11.5. The summed E-state index contributed by atoms with van der Waals surface area (Å²) in [5, 5.41) is 4.22. The number of amides is 1. The van der Waals surface area contributed by atoms with E-state index in [0.29, 0.717) is 17.1 Å². The van der Waals surface area contributed by atoms with Gasteiger partial charge < -0.3 is 10.2 Å². The molecule has 5 heteroatoms. The van der Waals surface area contributed by atoms with E-state index in [1.165, 1.54) is 6.04 Å². The van der Waals surface area contributed by atoms with Crippen molar-refractivity contribution in [2.75, 3.05) is 32.7 Å². The number of fused-ring (bicyclic) bond motifs is 1. The topological polar surface area (TPSA) is 35.6 Å². The van der Waals surface area contributed by atoms with E-state index in [2.05, 4.69) is 44.1 Å². The molecule has 4 nitrogen and oxygen atoms in total. The summed E-state index contributed by atoms with van der Waals surface area (Å²) in [4.78, 5) is 16.1. The molecule has 2 rings (SSSR count). The Morgan fingerprint density at radius 1 is 1.24 bits per heavy atom. The normalized spacial score (nSPS) is 28.4. The molecule has 1 N–H and O–H groups in total. The summed E-state index contributed by atoms with van der Waals surface area (Å²) < 4.78 is 0. The van der Waals surface area contributed by atoms with E-state index < -0.39 is 8.07 Å². The quantitative estimate of drug-likeness (QED) is 0.792. The average Bonchev–Trinajstić information content (AvgIpc) is 2.36. The van der Waals surface area contributed by atoms with Crippen molar-refractivity contribution in [1.29, 1.82) is 0 Å². The smallest absolute Gasteiger partial charge is 0.219 e. The molecule has 1 unspecified atom stereocenters. The lowest BCUT2D eigenvalue weighted by molar-refractivity contribution is -0.132. The molecule has 0 bridgehead atoms. The van der Waals surface area contributed by atoms with Crippen LogP contribution in [0.4, 0.5) is 0 Å². The zero-order chi connectivity index (χ0) is 15.8. The summed E-state index contributed by atoms with van der Waals surface area (Å²) in [6, 6.07) is 2.49. The maximum atomic E-state index is 11.5. The number of hydrogen-bond donors (Lipinski definition) is 1. The summed E-state index contributed by atoms with van der Waals surface area (Å²) in [5.74, 6) is 0.220. The Morgan fingerprint density at radius 2 is 1.90 bits per heavy atom. The van der Waals surface area contributed by atoms with E-state index in [1.54, 1.807) is 6.92 Å². The molecule has 0 aromatic carbocycles. The number of nitrogens with zero attached hydrogens (tertiary/aromatic N) is 2. The highest BCUT2D eigenvalue weighted by molar-refractivity contribution is 6.80. The predicted octanol–water partition coefficient (Wildman–Crippen LogP) is 2.00. The molecule has 0 aliphatic carbocycles. The van der Waals surface area contributed by atoms with E-state index in [1.807, 2.05) is 4.90 Å². The van der Waals surface area contributed by atoms with Crippen LogP contribution in [0.5, 0.6) is 0 Å². The number of rotatable bonds is 2. The van der Waals surface area contributed by atoms with Gasteiger partial charge in [0.2, 0.25) is 5.91 Å². The fraction of sp³-hybridized carbons (Fsp3) is 0.938. The molecule has 1 amide bonds. The Bertz CT molecular complexity index is 391. The van der Waals surface area contributed by atoms with Crippen LogP contribution in [0.2, 0.25) is 24.2 Å². The van der Waals surface area contributed by atoms with Crippen LogP contribution < -0.4 is 5.32 Å². The second kappa shape index (κ2) is 6.01. The molecule has 21 heavy (non-hydrogen) atoms. The monoisotopic (exact) mass is 311 g/mol. The largest absolute Gasteiger partial charge is 0.340 e. The lowest BCUT2D eigenvalue weighted by Gasteiger charge is -2.48. The SMILES string of the molecule is CC(=O)N1CCN2CC(C[Si](C)(C)C(C)(C)C)NC[C@@H]2C1. The van der Waals surface area contributed by atoms with Crippen molar-refractivity contribution in [2.24, 2.45) is 0 Å². The van der Waals surface area contributed by atoms with Crippen LogP contribution in [0.15, 0.2) is 0 Å². The Hall–Kier alpha value is -0.393. The number of carbonyl (C=O) groups excluding carboxylic acids is 1. The summed E-state index contributed by atoms with van der Waals surface area (Å²) in [7, 11) is -1.23. The molecule has 2 aliphatic rings. The van der Waals surface area contributed by atoms with E-state index in [4.69, 9.17) is 0 Å². The zero-order valence-electron chi connectivity index (χ0n) is 14.7. The molecule has 2 atom stereocenters. The lowest BCUT2D eigenvalue weighted by atomic mass is 10.1. The third-order valence-corrected chi connectivity index (χ3v) is 11.5. The van der Waals surface area contributed by atoms with Gasteiger partial charge in [0, 0.05) is 51.7 Å². The van der Waals surface area contributed by atoms with Crippen molar-refractivity contribution < 1.29 is 4.79 Å². The van der Waals surface area contributed by atoms with Gasteiger partial charge in [-0.25, -0.2) is 0 Å². The Labute approximate surface area is 131 Å². The Balaban J connectivity index is 1.91. The average molecular weight is 312 g/mol. The first-order chi connectivity index (χ1) is 9.60. The Morgan fingerprint density at radius 3 is 2.48 bits per heavy atom. The first kappa shape index (κ1) is 17.0. The van der Waals surface area contributed by atoms with Crippen molar-refractivity contribution in [3.8, 4) is 0 Å². The van der Waals surface area contributed by atoms with Gasteiger partial charge in [-0.3, -0.25) is 9.69 Å². The number of hydrogen-bond acceptors (Lipinski definition) is 3. The van der Waals surface area contributed by atoms with Crippen LogP contribution in [0.25, 0.3) is 0 Å². The first-order valence-electron chi connectivity index (χ1n) is 8.33. The van der Waals surface area contributed by atoms with Crippen LogP contribution in [-0.4, -0.2) is 68.6 Å². The molecule has 2 saturated heterocycles. The van der Waals surface area contributed by atoms with Crippen LogP contribution in [0, 0.1) is 0 Å². The van der Waals surface area contributed by atoms with Gasteiger partial charge >= 0.3 is 0 Å². The van der Waals surface area contributed by atoms with Crippen LogP contribution in [-0.2, 0) is 4.79 Å². The first-order valence-corrected chi connectivity index (χ1v) is 11.5. The molecular formula is C16H33N3OSi. The minimum absolute atomic E-state index is 0.220. The second-order valence-electron chi connectivity index (χ2n) is 8.56. The molecule has 2 heterocycles. The standard InChI is InChI=1S/C16H33N3OSi/c1-13(20)18-7-8-19-10-14(17-9-15(19)11-18)12-21(5,6)16(2,3)4/h14-15,17H,7-12H2,1-6H3/t14?,15-/m1/s1. The van der Waals surface area contributed by atoms with Gasteiger partial charge in [0.05, 0.1) is 8.07 Å². The van der Waals surface area contributed by atoms with Crippen molar-refractivity contribution in [3.05, 3.63) is 0 Å². The van der Waals surface area contributed by atoms with Gasteiger partial charge in [0.1, 0.15) is 0 Å². The third kappa shape index (κ3) is 3.87. The maximum Gasteiger partial charge on any atom is 0.219 e. The lowest BCUT2D eigenvalue weighted by Crippen LogP contribution is -2.65. The van der Waals surface area contributed by atoms with Crippen LogP contribution in [0.3, 0.4) is 0 Å². The molecule has 2 aliphatic heterocycles. The molecule has 0 aromatic heterocycles. The Kier molecular flexibility index (Phi) is 4.86. The van der Waals surface area contributed by atoms with Gasteiger partial charge in [0.25, 0.3) is 0 Å². The van der Waals surface area contributed by atoms with E-state index in [9.17, 15) is 4.79 Å². The van der Waals surface area contributed by atoms with Crippen molar-refractivity contribution in [1.82, 2.24) is 15.1 Å². The molecule has 122 valence electrons. The van der Waals surface area contributed by atoms with E-state index in [-0.39, 0.29) is 5.91 Å².